The zero-order valence-electron chi connectivity index (χ0n) is 10.0. The first-order chi connectivity index (χ1) is 8.25. The normalized spacial score (nSPS) is 12.4. The predicted octanol–water partition coefficient (Wildman–Crippen LogP) is 2.42. The first-order valence-electron chi connectivity index (χ1n) is 5.84. The molecule has 1 heterocycles. The van der Waals surface area contributed by atoms with Crippen molar-refractivity contribution in [3.63, 3.8) is 0 Å². The highest BCUT2D eigenvalue weighted by Crippen LogP contribution is 2.12. The number of nitrogens with zero attached hydrogens (tertiary/aromatic N) is 2. The molecule has 0 aliphatic heterocycles. The summed E-state index contributed by atoms with van der Waals surface area (Å²) in [6, 6.07) is 10.3. The Morgan fingerprint density at radius 3 is 2.41 bits per heavy atom. The lowest BCUT2D eigenvalue weighted by atomic mass is 10.1. The second-order valence-corrected chi connectivity index (χ2v) is 4.25. The zero-order chi connectivity index (χ0) is 12.1. The van der Waals surface area contributed by atoms with Crippen LogP contribution in [-0.2, 0) is 6.42 Å². The molecule has 0 fully saturated rings. The molecule has 1 aromatic heterocycles. The highest BCUT2D eigenvalue weighted by molar-refractivity contribution is 5.15. The fourth-order valence-electron chi connectivity index (χ4n) is 1.69. The molecule has 0 saturated carbocycles. The highest BCUT2D eigenvalue weighted by Gasteiger charge is 2.08. The molecular formula is C14H17N3. The Bertz CT molecular complexity index is 451. The van der Waals surface area contributed by atoms with E-state index in [1.807, 2.05) is 37.5 Å². The molecule has 0 aliphatic carbocycles. The average molecular weight is 227 g/mol. The van der Waals surface area contributed by atoms with Crippen molar-refractivity contribution in [1.29, 1.82) is 0 Å². The molecule has 0 bridgehead atoms. The van der Waals surface area contributed by atoms with Crippen LogP contribution in [0.4, 0.5) is 0 Å². The second kappa shape index (κ2) is 5.55. The Labute approximate surface area is 102 Å². The average Bonchev–Trinajstić information content (AvgIpc) is 2.38. The predicted molar refractivity (Wildman–Crippen MR) is 68.5 cm³/mol. The lowest BCUT2D eigenvalue weighted by molar-refractivity contribution is 0.611. The number of nitrogens with two attached hydrogens (primary N) is 1. The topological polar surface area (TPSA) is 51.8 Å². The van der Waals surface area contributed by atoms with Crippen molar-refractivity contribution in [1.82, 2.24) is 9.97 Å². The summed E-state index contributed by atoms with van der Waals surface area (Å²) >= 11 is 0. The van der Waals surface area contributed by atoms with Gasteiger partial charge in [0.25, 0.3) is 0 Å². The molecule has 17 heavy (non-hydrogen) atoms. The fourth-order valence-corrected chi connectivity index (χ4v) is 1.69. The Kier molecular flexibility index (Phi) is 3.83. The summed E-state index contributed by atoms with van der Waals surface area (Å²) in [7, 11) is 0. The summed E-state index contributed by atoms with van der Waals surface area (Å²) in [6.07, 6.45) is 5.45. The second-order valence-electron chi connectivity index (χ2n) is 4.25. The first-order valence-corrected chi connectivity index (χ1v) is 5.84. The fraction of sp³-hybridized carbons (Fsp3) is 0.286. The first kappa shape index (κ1) is 11.7. The van der Waals surface area contributed by atoms with Crippen molar-refractivity contribution in [2.24, 2.45) is 5.73 Å². The number of aryl methyl sites for hydroxylation is 2. The largest absolute Gasteiger partial charge is 0.321 e. The van der Waals surface area contributed by atoms with Crippen LogP contribution < -0.4 is 5.73 Å². The van der Waals surface area contributed by atoms with Crippen LogP contribution in [0.15, 0.2) is 42.7 Å². The van der Waals surface area contributed by atoms with Gasteiger partial charge >= 0.3 is 0 Å². The molecule has 0 spiro atoms. The van der Waals surface area contributed by atoms with E-state index in [1.165, 1.54) is 5.56 Å². The van der Waals surface area contributed by atoms with Gasteiger partial charge in [-0.2, -0.15) is 0 Å². The van der Waals surface area contributed by atoms with Crippen LogP contribution in [0.5, 0.6) is 0 Å². The Morgan fingerprint density at radius 2 is 1.76 bits per heavy atom. The summed E-state index contributed by atoms with van der Waals surface area (Å²) in [5.74, 6) is 0.728. The van der Waals surface area contributed by atoms with Crippen LogP contribution >= 0.6 is 0 Å². The smallest absolute Gasteiger partial charge is 0.144 e. The minimum absolute atomic E-state index is 0.0872. The van der Waals surface area contributed by atoms with Gasteiger partial charge in [0, 0.05) is 12.4 Å². The Balaban J connectivity index is 1.93. The molecule has 3 heteroatoms. The molecule has 0 radical (unpaired) electrons. The molecule has 88 valence electrons. The highest BCUT2D eigenvalue weighted by atomic mass is 14.9. The van der Waals surface area contributed by atoms with E-state index < -0.39 is 0 Å². The van der Waals surface area contributed by atoms with Crippen molar-refractivity contribution < 1.29 is 0 Å². The number of hydrogen-bond donors (Lipinski definition) is 1. The van der Waals surface area contributed by atoms with Gasteiger partial charge in [0.2, 0.25) is 0 Å². The lowest BCUT2D eigenvalue weighted by Gasteiger charge is -2.09. The quantitative estimate of drug-likeness (QED) is 0.872. The summed E-state index contributed by atoms with van der Waals surface area (Å²) in [5.41, 5.74) is 8.43. The summed E-state index contributed by atoms with van der Waals surface area (Å²) in [6.45, 7) is 1.97. The molecular weight excluding hydrogens is 210 g/mol. The maximum absolute atomic E-state index is 6.07. The van der Waals surface area contributed by atoms with E-state index in [1.54, 1.807) is 0 Å². The van der Waals surface area contributed by atoms with E-state index in [4.69, 9.17) is 5.73 Å². The van der Waals surface area contributed by atoms with Gasteiger partial charge in [-0.3, -0.25) is 0 Å². The third kappa shape index (κ3) is 3.36. The van der Waals surface area contributed by atoms with Crippen molar-refractivity contribution in [2.45, 2.75) is 25.8 Å². The monoisotopic (exact) mass is 227 g/mol. The Hall–Kier alpha value is -1.74. The van der Waals surface area contributed by atoms with Crippen LogP contribution in [-0.4, -0.2) is 9.97 Å². The van der Waals surface area contributed by atoms with E-state index in [0.29, 0.717) is 0 Å². The zero-order valence-corrected chi connectivity index (χ0v) is 10.0. The number of benzene rings is 1. The van der Waals surface area contributed by atoms with Gasteiger partial charge < -0.3 is 5.73 Å². The lowest BCUT2D eigenvalue weighted by Crippen LogP contribution is -2.14. The molecule has 3 nitrogen and oxygen atoms in total. The molecule has 0 aliphatic rings. The van der Waals surface area contributed by atoms with Gasteiger partial charge in [-0.05, 0) is 30.9 Å². The maximum Gasteiger partial charge on any atom is 0.144 e. The van der Waals surface area contributed by atoms with Crippen molar-refractivity contribution in [3.8, 4) is 0 Å². The molecule has 2 N–H and O–H groups in total. The molecule has 1 aromatic carbocycles. The van der Waals surface area contributed by atoms with Crippen molar-refractivity contribution in [3.05, 3.63) is 59.7 Å². The number of rotatable bonds is 4. The van der Waals surface area contributed by atoms with Crippen LogP contribution in [0, 0.1) is 6.92 Å². The van der Waals surface area contributed by atoms with Gasteiger partial charge in [-0.15, -0.1) is 0 Å². The van der Waals surface area contributed by atoms with Gasteiger partial charge in [0.1, 0.15) is 5.82 Å². The third-order valence-corrected chi connectivity index (χ3v) is 2.72. The molecule has 2 aromatic rings. The van der Waals surface area contributed by atoms with Gasteiger partial charge in [-0.25, -0.2) is 9.97 Å². The molecule has 0 amide bonds. The van der Waals surface area contributed by atoms with E-state index in [0.717, 1.165) is 24.2 Å². The van der Waals surface area contributed by atoms with E-state index in [9.17, 15) is 0 Å². The van der Waals surface area contributed by atoms with Crippen LogP contribution in [0.25, 0.3) is 0 Å². The van der Waals surface area contributed by atoms with E-state index >= 15 is 0 Å². The van der Waals surface area contributed by atoms with Gasteiger partial charge in [0.05, 0.1) is 6.04 Å². The molecule has 1 atom stereocenters. The van der Waals surface area contributed by atoms with Crippen LogP contribution in [0.2, 0.25) is 0 Å². The maximum atomic E-state index is 6.07. The summed E-state index contributed by atoms with van der Waals surface area (Å²) < 4.78 is 0. The van der Waals surface area contributed by atoms with Crippen molar-refractivity contribution >= 4 is 0 Å². The third-order valence-electron chi connectivity index (χ3n) is 2.72. The minimum Gasteiger partial charge on any atom is -0.321 e. The van der Waals surface area contributed by atoms with Crippen LogP contribution in [0.1, 0.15) is 29.4 Å². The summed E-state index contributed by atoms with van der Waals surface area (Å²) in [4.78, 5) is 8.51. The minimum atomic E-state index is -0.0872. The van der Waals surface area contributed by atoms with Gasteiger partial charge in [-0.1, -0.05) is 30.3 Å². The molecule has 0 saturated heterocycles. The van der Waals surface area contributed by atoms with Crippen molar-refractivity contribution in [2.75, 3.05) is 0 Å². The Morgan fingerprint density at radius 1 is 1.12 bits per heavy atom. The van der Waals surface area contributed by atoms with E-state index in [-0.39, 0.29) is 6.04 Å². The standard InChI is InChI=1S/C14H17N3/c1-11-9-16-14(17-10-11)13(15)8-7-12-5-3-2-4-6-12/h2-6,9-10,13H,7-8,15H2,1H3. The van der Waals surface area contributed by atoms with Gasteiger partial charge in [0.15, 0.2) is 0 Å². The number of aromatic nitrogens is 2. The molecule has 2 rings (SSSR count). The number of hydrogen-bond acceptors (Lipinski definition) is 3. The SMILES string of the molecule is Cc1cnc(C(N)CCc2ccccc2)nc1. The summed E-state index contributed by atoms with van der Waals surface area (Å²) in [5, 5.41) is 0. The van der Waals surface area contributed by atoms with Crippen LogP contribution in [0.3, 0.4) is 0 Å². The van der Waals surface area contributed by atoms with E-state index in [2.05, 4.69) is 22.1 Å². The molecule has 1 unspecified atom stereocenters.